The smallest absolute Gasteiger partial charge is 0.251 e. The van der Waals surface area contributed by atoms with Crippen LogP contribution in [0.3, 0.4) is 0 Å². The molecule has 2 unspecified atom stereocenters. The Morgan fingerprint density at radius 1 is 1.42 bits per heavy atom. The molecule has 0 radical (unpaired) electrons. The molecule has 4 rings (SSSR count). The summed E-state index contributed by atoms with van der Waals surface area (Å²) in [5.74, 6) is 0.699. The molecule has 98 valence electrons. The van der Waals surface area contributed by atoms with Gasteiger partial charge in [0.05, 0.1) is 4.70 Å². The number of amides is 1. The van der Waals surface area contributed by atoms with Crippen LogP contribution in [0, 0.1) is 5.92 Å². The van der Waals surface area contributed by atoms with Crippen LogP contribution in [0.25, 0.3) is 10.1 Å². The number of carbonyl (C=O) groups is 1. The zero-order valence-electron chi connectivity index (χ0n) is 10.5. The third-order valence-electron chi connectivity index (χ3n) is 4.27. The molecule has 1 N–H and O–H groups in total. The quantitative estimate of drug-likeness (QED) is 0.906. The first kappa shape index (κ1) is 11.4. The molecule has 1 aromatic carbocycles. The first-order valence-corrected chi connectivity index (χ1v) is 7.44. The van der Waals surface area contributed by atoms with E-state index < -0.39 is 0 Å². The standard InChI is InChI=1S/C14H15N3OS/c18-14(16-12-8-17-4-3-11(12)7-17)9-1-2-10-6-15-19-13(10)5-9/h1-2,5-6,11-12H,3-4,7-8H2,(H,16,18)/t11-,12?/m0/s1. The van der Waals surface area contributed by atoms with Gasteiger partial charge in [-0.2, -0.15) is 4.37 Å². The lowest BCUT2D eigenvalue weighted by Gasteiger charge is -2.23. The van der Waals surface area contributed by atoms with Crippen molar-refractivity contribution in [3.8, 4) is 0 Å². The summed E-state index contributed by atoms with van der Waals surface area (Å²) in [7, 11) is 0. The Morgan fingerprint density at radius 2 is 2.37 bits per heavy atom. The van der Waals surface area contributed by atoms with Gasteiger partial charge >= 0.3 is 0 Å². The lowest BCUT2D eigenvalue weighted by molar-refractivity contribution is 0.0924. The number of benzene rings is 1. The lowest BCUT2D eigenvalue weighted by Crippen LogP contribution is -2.43. The molecule has 3 heterocycles. The maximum atomic E-state index is 12.3. The summed E-state index contributed by atoms with van der Waals surface area (Å²) < 4.78 is 5.21. The second-order valence-corrected chi connectivity index (χ2v) is 6.30. The highest BCUT2D eigenvalue weighted by molar-refractivity contribution is 7.13. The number of nitrogens with one attached hydrogen (secondary N) is 1. The molecule has 2 aliphatic heterocycles. The number of nitrogens with zero attached hydrogens (tertiary/aromatic N) is 2. The van der Waals surface area contributed by atoms with Gasteiger partial charge in [0.2, 0.25) is 0 Å². The number of fused-ring (bicyclic) bond motifs is 3. The molecule has 2 saturated heterocycles. The SMILES string of the molecule is O=C(NC1CN2CC[C@H]1C2)c1ccc2cnsc2c1. The van der Waals surface area contributed by atoms with Crippen molar-refractivity contribution in [3.05, 3.63) is 30.0 Å². The number of hydrogen-bond donors (Lipinski definition) is 1. The predicted octanol–water partition coefficient (Wildman–Crippen LogP) is 1.73. The van der Waals surface area contributed by atoms with Crippen LogP contribution in [0.2, 0.25) is 0 Å². The molecule has 4 nitrogen and oxygen atoms in total. The first-order valence-electron chi connectivity index (χ1n) is 6.67. The topological polar surface area (TPSA) is 45.2 Å². The van der Waals surface area contributed by atoms with Crippen molar-refractivity contribution < 1.29 is 4.79 Å². The fourth-order valence-electron chi connectivity index (χ4n) is 3.20. The Morgan fingerprint density at radius 3 is 3.16 bits per heavy atom. The zero-order chi connectivity index (χ0) is 12.8. The Balaban J connectivity index is 1.53. The van der Waals surface area contributed by atoms with Crippen molar-refractivity contribution in [3.63, 3.8) is 0 Å². The van der Waals surface area contributed by atoms with Crippen LogP contribution in [0.5, 0.6) is 0 Å². The van der Waals surface area contributed by atoms with Gasteiger partial charge in [0.1, 0.15) is 0 Å². The van der Waals surface area contributed by atoms with Crippen molar-refractivity contribution in [2.75, 3.05) is 19.6 Å². The Kier molecular flexibility index (Phi) is 2.56. The van der Waals surface area contributed by atoms with E-state index in [1.54, 1.807) is 0 Å². The predicted molar refractivity (Wildman–Crippen MR) is 75.4 cm³/mol. The van der Waals surface area contributed by atoms with Crippen molar-refractivity contribution in [1.82, 2.24) is 14.6 Å². The highest BCUT2D eigenvalue weighted by Crippen LogP contribution is 2.28. The third-order valence-corrected chi connectivity index (χ3v) is 5.03. The number of rotatable bonds is 2. The van der Waals surface area contributed by atoms with Gasteiger partial charge in [0, 0.05) is 36.3 Å². The minimum atomic E-state index is 0.0500. The van der Waals surface area contributed by atoms with Crippen LogP contribution >= 0.6 is 11.5 Å². The maximum Gasteiger partial charge on any atom is 0.251 e. The summed E-state index contributed by atoms with van der Waals surface area (Å²) in [4.78, 5) is 14.7. The fourth-order valence-corrected chi connectivity index (χ4v) is 3.89. The second-order valence-electron chi connectivity index (χ2n) is 5.47. The molecular weight excluding hydrogens is 258 g/mol. The van der Waals surface area contributed by atoms with E-state index in [0.29, 0.717) is 12.0 Å². The number of piperidine rings is 1. The van der Waals surface area contributed by atoms with E-state index in [4.69, 9.17) is 0 Å². The molecule has 5 heteroatoms. The highest BCUT2D eigenvalue weighted by Gasteiger charge is 2.38. The zero-order valence-corrected chi connectivity index (χ0v) is 11.3. The molecule has 1 aromatic heterocycles. The molecule has 0 aliphatic carbocycles. The Bertz CT molecular complexity index is 638. The summed E-state index contributed by atoms with van der Waals surface area (Å²) in [6, 6.07) is 6.13. The molecule has 2 fully saturated rings. The molecule has 0 saturated carbocycles. The van der Waals surface area contributed by atoms with Crippen LogP contribution in [0.1, 0.15) is 16.8 Å². The molecule has 2 aliphatic rings. The van der Waals surface area contributed by atoms with Gasteiger partial charge in [-0.1, -0.05) is 6.07 Å². The second kappa shape index (κ2) is 4.28. The fraction of sp³-hybridized carbons (Fsp3) is 0.429. The van der Waals surface area contributed by atoms with E-state index in [-0.39, 0.29) is 5.91 Å². The molecule has 2 bridgehead atoms. The van der Waals surface area contributed by atoms with Gasteiger partial charge < -0.3 is 10.2 Å². The maximum absolute atomic E-state index is 12.3. The van der Waals surface area contributed by atoms with Gasteiger partial charge in [-0.25, -0.2) is 0 Å². The van der Waals surface area contributed by atoms with Crippen molar-refractivity contribution in [1.29, 1.82) is 0 Å². The monoisotopic (exact) mass is 273 g/mol. The van der Waals surface area contributed by atoms with Crippen LogP contribution in [-0.2, 0) is 0 Å². The lowest BCUT2D eigenvalue weighted by atomic mass is 9.99. The normalized spacial score (nSPS) is 28.9. The van der Waals surface area contributed by atoms with Gasteiger partial charge in [-0.3, -0.25) is 4.79 Å². The molecular formula is C14H15N3OS. The summed E-state index contributed by atoms with van der Waals surface area (Å²) >= 11 is 1.44. The van der Waals surface area contributed by atoms with Crippen LogP contribution in [0.4, 0.5) is 0 Å². The molecule has 3 atom stereocenters. The highest BCUT2D eigenvalue weighted by atomic mass is 32.1. The van der Waals surface area contributed by atoms with E-state index in [0.717, 1.165) is 28.7 Å². The van der Waals surface area contributed by atoms with Crippen molar-refractivity contribution in [2.45, 2.75) is 12.5 Å². The summed E-state index contributed by atoms with van der Waals surface area (Å²) in [6.45, 7) is 3.36. The number of hydrogen-bond acceptors (Lipinski definition) is 4. The van der Waals surface area contributed by atoms with Gasteiger partial charge in [-0.05, 0) is 42.5 Å². The molecule has 0 spiro atoms. The number of carbonyl (C=O) groups excluding carboxylic acids is 1. The summed E-state index contributed by atoms with van der Waals surface area (Å²) in [5.41, 5.74) is 0.745. The summed E-state index contributed by atoms with van der Waals surface area (Å²) in [6.07, 6.45) is 3.06. The van der Waals surface area contributed by atoms with Crippen LogP contribution in [0.15, 0.2) is 24.4 Å². The molecule has 1 amide bonds. The van der Waals surface area contributed by atoms with Crippen molar-refractivity contribution in [2.24, 2.45) is 5.92 Å². The van der Waals surface area contributed by atoms with Gasteiger partial charge in [0.25, 0.3) is 5.91 Å². The minimum Gasteiger partial charge on any atom is -0.348 e. The van der Waals surface area contributed by atoms with E-state index in [9.17, 15) is 4.79 Å². The molecule has 2 aromatic rings. The van der Waals surface area contributed by atoms with E-state index in [2.05, 4.69) is 14.6 Å². The Hall–Kier alpha value is -1.46. The van der Waals surface area contributed by atoms with Gasteiger partial charge in [0.15, 0.2) is 0 Å². The Labute approximate surface area is 115 Å². The summed E-state index contributed by atoms with van der Waals surface area (Å²) in [5, 5.41) is 4.29. The first-order chi connectivity index (χ1) is 9.29. The molecule has 19 heavy (non-hydrogen) atoms. The van der Waals surface area contributed by atoms with Gasteiger partial charge in [-0.15, -0.1) is 0 Å². The van der Waals surface area contributed by atoms with Crippen LogP contribution < -0.4 is 5.32 Å². The average Bonchev–Trinajstić information content (AvgIpc) is 3.13. The average molecular weight is 273 g/mol. The third kappa shape index (κ3) is 1.93. The number of aromatic nitrogens is 1. The minimum absolute atomic E-state index is 0.0500. The van der Waals surface area contributed by atoms with E-state index >= 15 is 0 Å². The van der Waals surface area contributed by atoms with E-state index in [1.165, 1.54) is 24.5 Å². The van der Waals surface area contributed by atoms with E-state index in [1.807, 2.05) is 24.4 Å². The largest absolute Gasteiger partial charge is 0.348 e. The van der Waals surface area contributed by atoms with Crippen LogP contribution in [-0.4, -0.2) is 40.9 Å². The van der Waals surface area contributed by atoms with Crippen molar-refractivity contribution >= 4 is 27.5 Å².